The fourth-order valence-corrected chi connectivity index (χ4v) is 3.53. The van der Waals surface area contributed by atoms with Crippen LogP contribution in [0.15, 0.2) is 35.1 Å². The van der Waals surface area contributed by atoms with Crippen LogP contribution in [0, 0.1) is 17.0 Å². The molecule has 11 heteroatoms. The molecule has 9 nitrogen and oxygen atoms in total. The van der Waals surface area contributed by atoms with Crippen LogP contribution in [0.2, 0.25) is 10.0 Å². The largest absolute Gasteiger partial charge is 0.477 e. The van der Waals surface area contributed by atoms with E-state index in [1.54, 1.807) is 24.5 Å². The molecule has 156 valence electrons. The molecule has 30 heavy (non-hydrogen) atoms. The van der Waals surface area contributed by atoms with Crippen molar-refractivity contribution in [1.82, 2.24) is 14.3 Å². The third-order valence-electron chi connectivity index (χ3n) is 4.59. The molecule has 1 aromatic carbocycles. The number of carbonyl (C=O) groups is 1. The molecule has 0 atom stereocenters. The summed E-state index contributed by atoms with van der Waals surface area (Å²) in [4.78, 5) is 35.0. The maximum Gasteiger partial charge on any atom is 0.390 e. The Labute approximate surface area is 180 Å². The van der Waals surface area contributed by atoms with Crippen molar-refractivity contribution in [2.45, 2.75) is 26.9 Å². The molecule has 0 fully saturated rings. The Bertz CT molecular complexity index is 1230. The van der Waals surface area contributed by atoms with Crippen LogP contribution in [0.1, 0.15) is 28.7 Å². The standard InChI is InChI=1S/C19H16Cl2N4O5/c1-3-23-12(9-24-10(2)6-16(22-24)25(29)30)8-15(26)17(19(27)28)18(23)11-4-5-13(20)14(21)7-11/h4-8H,3,9H2,1-2H3,(H,27,28). The molecule has 0 spiro atoms. The van der Waals surface area contributed by atoms with E-state index in [0.717, 1.165) is 0 Å². The lowest BCUT2D eigenvalue weighted by Gasteiger charge is -2.19. The van der Waals surface area contributed by atoms with E-state index >= 15 is 0 Å². The average Bonchev–Trinajstić information content (AvgIpc) is 3.04. The van der Waals surface area contributed by atoms with Gasteiger partial charge in [0, 0.05) is 23.9 Å². The first-order valence-electron chi connectivity index (χ1n) is 8.78. The summed E-state index contributed by atoms with van der Waals surface area (Å²) in [7, 11) is 0. The number of aryl methyl sites for hydroxylation is 1. The van der Waals surface area contributed by atoms with Crippen LogP contribution in [0.25, 0.3) is 11.3 Å². The van der Waals surface area contributed by atoms with Crippen molar-refractivity contribution in [2.24, 2.45) is 0 Å². The van der Waals surface area contributed by atoms with Crippen molar-refractivity contribution < 1.29 is 14.8 Å². The number of carboxylic acid groups (broad SMARTS) is 1. The number of rotatable bonds is 6. The second-order valence-corrected chi connectivity index (χ2v) is 7.27. The van der Waals surface area contributed by atoms with Crippen molar-refractivity contribution in [3.63, 3.8) is 0 Å². The molecular weight excluding hydrogens is 435 g/mol. The van der Waals surface area contributed by atoms with Crippen LogP contribution in [-0.4, -0.2) is 30.3 Å². The van der Waals surface area contributed by atoms with Crippen LogP contribution in [0.3, 0.4) is 0 Å². The quantitative estimate of drug-likeness (QED) is 0.447. The molecule has 0 saturated heterocycles. The summed E-state index contributed by atoms with van der Waals surface area (Å²) in [6.45, 7) is 3.81. The Morgan fingerprint density at radius 3 is 2.47 bits per heavy atom. The van der Waals surface area contributed by atoms with Gasteiger partial charge in [0.25, 0.3) is 0 Å². The maximum absolute atomic E-state index is 12.7. The summed E-state index contributed by atoms with van der Waals surface area (Å²) in [5.41, 5.74) is 0.450. The van der Waals surface area contributed by atoms with Gasteiger partial charge in [-0.25, -0.2) is 4.79 Å². The number of hydrogen-bond acceptors (Lipinski definition) is 5. The van der Waals surface area contributed by atoms with Crippen molar-refractivity contribution >= 4 is 35.0 Å². The second-order valence-electron chi connectivity index (χ2n) is 6.46. The van der Waals surface area contributed by atoms with Gasteiger partial charge in [0.05, 0.1) is 32.6 Å². The molecule has 0 unspecified atom stereocenters. The van der Waals surface area contributed by atoms with E-state index < -0.39 is 21.9 Å². The highest BCUT2D eigenvalue weighted by Gasteiger charge is 2.24. The van der Waals surface area contributed by atoms with E-state index in [-0.39, 0.29) is 23.1 Å². The topological polar surface area (TPSA) is 120 Å². The van der Waals surface area contributed by atoms with Gasteiger partial charge in [-0.15, -0.1) is 0 Å². The van der Waals surface area contributed by atoms with Crippen molar-refractivity contribution in [1.29, 1.82) is 0 Å². The maximum atomic E-state index is 12.7. The minimum atomic E-state index is -1.37. The van der Waals surface area contributed by atoms with Crippen LogP contribution in [0.4, 0.5) is 5.82 Å². The molecule has 3 rings (SSSR count). The number of halogens is 2. The number of benzene rings is 1. The lowest BCUT2D eigenvalue weighted by molar-refractivity contribution is -0.389. The molecule has 0 radical (unpaired) electrons. The zero-order valence-corrected chi connectivity index (χ0v) is 17.4. The number of aromatic carboxylic acids is 1. The van der Waals surface area contributed by atoms with Gasteiger partial charge in [-0.3, -0.25) is 4.79 Å². The van der Waals surface area contributed by atoms with Crippen LogP contribution in [0.5, 0.6) is 0 Å². The first-order chi connectivity index (χ1) is 14.1. The SMILES string of the molecule is CCn1c(Cn2nc([N+](=O)[O-])cc2C)cc(=O)c(C(=O)O)c1-c1ccc(Cl)c(Cl)c1. The smallest absolute Gasteiger partial charge is 0.390 e. The lowest BCUT2D eigenvalue weighted by Crippen LogP contribution is -2.24. The van der Waals surface area contributed by atoms with Crippen LogP contribution < -0.4 is 5.43 Å². The zero-order valence-electron chi connectivity index (χ0n) is 15.9. The summed E-state index contributed by atoms with van der Waals surface area (Å²) in [6, 6.07) is 7.12. The van der Waals surface area contributed by atoms with Crippen molar-refractivity contribution in [3.8, 4) is 11.3 Å². The number of pyridine rings is 1. The van der Waals surface area contributed by atoms with Gasteiger partial charge in [0.15, 0.2) is 5.43 Å². The van der Waals surface area contributed by atoms with Crippen molar-refractivity contribution in [3.05, 3.63) is 77.7 Å². The Balaban J connectivity index is 2.27. The summed E-state index contributed by atoms with van der Waals surface area (Å²) in [6.07, 6.45) is 0. The Morgan fingerprint density at radius 1 is 1.23 bits per heavy atom. The highest BCUT2D eigenvalue weighted by atomic mass is 35.5. The normalized spacial score (nSPS) is 10.9. The highest BCUT2D eigenvalue weighted by molar-refractivity contribution is 6.42. The Hall–Kier alpha value is -3.17. The fraction of sp³-hybridized carbons (Fsp3) is 0.211. The molecule has 3 aromatic rings. The summed E-state index contributed by atoms with van der Waals surface area (Å²) < 4.78 is 3.04. The van der Waals surface area contributed by atoms with Crippen LogP contribution in [-0.2, 0) is 13.1 Å². The number of hydrogen-bond donors (Lipinski definition) is 1. The van der Waals surface area contributed by atoms with Gasteiger partial charge < -0.3 is 19.8 Å². The number of carboxylic acids is 1. The molecule has 0 aliphatic rings. The predicted octanol–water partition coefficient (Wildman–Crippen LogP) is 4.00. The average molecular weight is 451 g/mol. The Kier molecular flexibility index (Phi) is 5.95. The fourth-order valence-electron chi connectivity index (χ4n) is 3.23. The third-order valence-corrected chi connectivity index (χ3v) is 5.33. The molecule has 2 aromatic heterocycles. The molecule has 0 saturated carbocycles. The summed E-state index contributed by atoms with van der Waals surface area (Å²) in [5, 5.41) is 25.1. The minimum Gasteiger partial charge on any atom is -0.477 e. The summed E-state index contributed by atoms with van der Waals surface area (Å²) in [5.74, 6) is -1.69. The molecule has 2 heterocycles. The molecule has 0 bridgehead atoms. The number of nitro groups is 1. The van der Waals surface area contributed by atoms with E-state index in [4.69, 9.17) is 23.2 Å². The zero-order chi connectivity index (χ0) is 22.2. The van der Waals surface area contributed by atoms with E-state index in [0.29, 0.717) is 28.5 Å². The lowest BCUT2D eigenvalue weighted by atomic mass is 10.0. The molecule has 0 amide bonds. The summed E-state index contributed by atoms with van der Waals surface area (Å²) >= 11 is 12.1. The van der Waals surface area contributed by atoms with Gasteiger partial charge in [-0.1, -0.05) is 29.3 Å². The van der Waals surface area contributed by atoms with Crippen LogP contribution >= 0.6 is 23.2 Å². The Morgan fingerprint density at radius 2 is 1.93 bits per heavy atom. The van der Waals surface area contributed by atoms with E-state index in [9.17, 15) is 24.8 Å². The predicted molar refractivity (Wildman–Crippen MR) is 112 cm³/mol. The first-order valence-corrected chi connectivity index (χ1v) is 9.53. The number of nitrogens with zero attached hydrogens (tertiary/aromatic N) is 4. The van der Waals surface area contributed by atoms with Gasteiger partial charge in [0.1, 0.15) is 12.1 Å². The van der Waals surface area contributed by atoms with E-state index in [1.165, 1.54) is 28.9 Å². The minimum absolute atomic E-state index is 0.0387. The molecule has 0 aliphatic carbocycles. The van der Waals surface area contributed by atoms with Gasteiger partial charge in [-0.2, -0.15) is 4.68 Å². The van der Waals surface area contributed by atoms with Crippen molar-refractivity contribution in [2.75, 3.05) is 0 Å². The monoisotopic (exact) mass is 450 g/mol. The molecular formula is C19H16Cl2N4O5. The molecule has 1 N–H and O–H groups in total. The highest BCUT2D eigenvalue weighted by Crippen LogP contribution is 2.30. The number of aromatic nitrogens is 3. The molecule has 0 aliphatic heterocycles. The van der Waals surface area contributed by atoms with E-state index in [2.05, 4.69) is 5.10 Å². The second kappa shape index (κ2) is 8.29. The van der Waals surface area contributed by atoms with Gasteiger partial charge in [0.2, 0.25) is 0 Å². The van der Waals surface area contributed by atoms with Gasteiger partial charge in [-0.05, 0) is 30.9 Å². The van der Waals surface area contributed by atoms with Gasteiger partial charge >= 0.3 is 11.8 Å². The first kappa shape index (κ1) is 21.5. The van der Waals surface area contributed by atoms with E-state index in [1.807, 2.05) is 0 Å². The third kappa shape index (κ3) is 3.94.